The van der Waals surface area contributed by atoms with E-state index < -0.39 is 0 Å². The van der Waals surface area contributed by atoms with Crippen molar-refractivity contribution >= 4 is 12.2 Å². The zero-order valence-corrected chi connectivity index (χ0v) is 7.07. The van der Waals surface area contributed by atoms with Crippen LogP contribution in [0.4, 0.5) is 0 Å². The van der Waals surface area contributed by atoms with Crippen molar-refractivity contribution in [3.63, 3.8) is 0 Å². The lowest BCUT2D eigenvalue weighted by Gasteiger charge is -1.88. The second kappa shape index (κ2) is 3.72. The molecule has 0 spiro atoms. The number of nitrogens with one attached hydrogen (secondary N) is 1. The van der Waals surface area contributed by atoms with Crippen LogP contribution in [-0.4, -0.2) is 10.2 Å². The number of nitrogens with zero attached hydrogens (tertiary/aromatic N) is 1. The quantitative estimate of drug-likeness (QED) is 0.734. The van der Waals surface area contributed by atoms with Gasteiger partial charge in [0.2, 0.25) is 0 Å². The summed E-state index contributed by atoms with van der Waals surface area (Å²) in [5.41, 5.74) is 2.09. The van der Waals surface area contributed by atoms with Crippen molar-refractivity contribution in [3.8, 4) is 0 Å². The maximum absolute atomic E-state index is 4.01. The highest BCUT2D eigenvalue weighted by Crippen LogP contribution is 2.04. The first-order chi connectivity index (χ1) is 6.45. The highest BCUT2D eigenvalue weighted by Gasteiger charge is 1.86. The van der Waals surface area contributed by atoms with E-state index >= 15 is 0 Å². The molecule has 0 fully saturated rings. The van der Waals surface area contributed by atoms with Crippen LogP contribution in [0.2, 0.25) is 0 Å². The van der Waals surface area contributed by atoms with E-state index in [1.165, 1.54) is 0 Å². The Morgan fingerprint density at radius 1 is 1.15 bits per heavy atom. The van der Waals surface area contributed by atoms with Crippen molar-refractivity contribution < 1.29 is 0 Å². The van der Waals surface area contributed by atoms with Crippen LogP contribution in [-0.2, 0) is 0 Å². The van der Waals surface area contributed by atoms with Crippen molar-refractivity contribution in [2.75, 3.05) is 0 Å². The fourth-order valence-corrected chi connectivity index (χ4v) is 1.06. The van der Waals surface area contributed by atoms with Gasteiger partial charge in [-0.3, -0.25) is 5.10 Å². The SMILES string of the molecule is [c]1ccc(C=Cc2cc[nH]n2)cc1. The Kier molecular flexibility index (Phi) is 2.23. The van der Waals surface area contributed by atoms with Crippen LogP contribution in [0.25, 0.3) is 12.2 Å². The Hall–Kier alpha value is -1.83. The summed E-state index contributed by atoms with van der Waals surface area (Å²) in [6.07, 6.45) is 5.79. The van der Waals surface area contributed by atoms with Gasteiger partial charge in [-0.15, -0.1) is 0 Å². The minimum Gasteiger partial charge on any atom is -0.285 e. The monoisotopic (exact) mass is 169 g/mol. The van der Waals surface area contributed by atoms with Gasteiger partial charge in [-0.1, -0.05) is 30.3 Å². The predicted octanol–water partition coefficient (Wildman–Crippen LogP) is 2.38. The number of hydrogen-bond donors (Lipinski definition) is 1. The van der Waals surface area contributed by atoms with E-state index in [9.17, 15) is 0 Å². The topological polar surface area (TPSA) is 28.7 Å². The summed E-state index contributed by atoms with van der Waals surface area (Å²) in [6.45, 7) is 0. The third-order valence-electron chi connectivity index (χ3n) is 1.71. The zero-order chi connectivity index (χ0) is 8.93. The number of aromatic amines is 1. The predicted molar refractivity (Wildman–Crippen MR) is 52.8 cm³/mol. The van der Waals surface area contributed by atoms with Crippen LogP contribution >= 0.6 is 0 Å². The first kappa shape index (κ1) is 7.80. The third kappa shape index (κ3) is 2.06. The maximum Gasteiger partial charge on any atom is 0.0848 e. The molecule has 1 aromatic heterocycles. The van der Waals surface area contributed by atoms with E-state index in [-0.39, 0.29) is 0 Å². The van der Waals surface area contributed by atoms with Crippen molar-refractivity contribution in [2.24, 2.45) is 0 Å². The molecular weight excluding hydrogens is 160 g/mol. The van der Waals surface area contributed by atoms with Gasteiger partial charge in [-0.2, -0.15) is 5.10 Å². The number of H-pyrrole nitrogens is 1. The van der Waals surface area contributed by atoms with Gasteiger partial charge in [0.05, 0.1) is 5.69 Å². The molecule has 0 bridgehead atoms. The summed E-state index contributed by atoms with van der Waals surface area (Å²) in [5, 5.41) is 6.77. The summed E-state index contributed by atoms with van der Waals surface area (Å²) >= 11 is 0. The molecule has 1 N–H and O–H groups in total. The molecule has 13 heavy (non-hydrogen) atoms. The molecule has 0 aliphatic rings. The highest BCUT2D eigenvalue weighted by molar-refractivity contribution is 5.67. The first-order valence-corrected chi connectivity index (χ1v) is 4.09. The second-order valence-corrected chi connectivity index (χ2v) is 2.67. The molecule has 0 saturated heterocycles. The first-order valence-electron chi connectivity index (χ1n) is 4.09. The molecule has 0 aliphatic heterocycles. The van der Waals surface area contributed by atoms with E-state index in [0.29, 0.717) is 0 Å². The number of aromatic nitrogens is 2. The van der Waals surface area contributed by atoms with Gasteiger partial charge in [0.25, 0.3) is 0 Å². The van der Waals surface area contributed by atoms with Gasteiger partial charge in [0.1, 0.15) is 0 Å². The average Bonchev–Trinajstić information content (AvgIpc) is 2.69. The van der Waals surface area contributed by atoms with Gasteiger partial charge in [0.15, 0.2) is 0 Å². The summed E-state index contributed by atoms with van der Waals surface area (Å²) in [5.74, 6) is 0. The third-order valence-corrected chi connectivity index (χ3v) is 1.71. The van der Waals surface area contributed by atoms with Crippen molar-refractivity contribution in [1.29, 1.82) is 0 Å². The molecule has 0 aliphatic carbocycles. The fourth-order valence-electron chi connectivity index (χ4n) is 1.06. The Balaban J connectivity index is 2.15. The average molecular weight is 169 g/mol. The fraction of sp³-hybridized carbons (Fsp3) is 0. The standard InChI is InChI=1S/C11H9N2/c1-2-4-10(5-3-1)6-7-11-8-9-12-13-11/h2-9H,(H,12,13). The molecule has 2 nitrogen and oxygen atoms in total. The molecule has 2 heteroatoms. The highest BCUT2D eigenvalue weighted by atomic mass is 15.1. The van der Waals surface area contributed by atoms with Crippen LogP contribution < -0.4 is 0 Å². The molecule has 1 radical (unpaired) electrons. The molecule has 0 saturated carbocycles. The summed E-state index contributed by atoms with van der Waals surface area (Å²) < 4.78 is 0. The van der Waals surface area contributed by atoms with E-state index in [1.54, 1.807) is 6.20 Å². The van der Waals surface area contributed by atoms with Crippen molar-refractivity contribution in [2.45, 2.75) is 0 Å². The smallest absolute Gasteiger partial charge is 0.0848 e. The van der Waals surface area contributed by atoms with Gasteiger partial charge in [-0.05, 0) is 23.8 Å². The van der Waals surface area contributed by atoms with E-state index in [2.05, 4.69) is 16.3 Å². The van der Waals surface area contributed by atoms with E-state index in [0.717, 1.165) is 11.3 Å². The molecule has 0 unspecified atom stereocenters. The van der Waals surface area contributed by atoms with Crippen LogP contribution in [0.1, 0.15) is 11.3 Å². The maximum atomic E-state index is 4.01. The van der Waals surface area contributed by atoms with Crippen LogP contribution in [0.15, 0.2) is 36.5 Å². The minimum absolute atomic E-state index is 0.938. The minimum atomic E-state index is 0.938. The lowest BCUT2D eigenvalue weighted by atomic mass is 10.2. The molecule has 63 valence electrons. The second-order valence-electron chi connectivity index (χ2n) is 2.67. The number of hydrogen-bond acceptors (Lipinski definition) is 1. The van der Waals surface area contributed by atoms with Gasteiger partial charge >= 0.3 is 0 Å². The van der Waals surface area contributed by atoms with Crippen LogP contribution in [0, 0.1) is 6.07 Å². The normalized spacial score (nSPS) is 10.8. The van der Waals surface area contributed by atoms with Crippen LogP contribution in [0.5, 0.6) is 0 Å². The Bertz CT molecular complexity index is 374. The van der Waals surface area contributed by atoms with Gasteiger partial charge in [0, 0.05) is 6.20 Å². The van der Waals surface area contributed by atoms with E-state index in [1.807, 2.05) is 42.5 Å². The Morgan fingerprint density at radius 3 is 2.69 bits per heavy atom. The molecule has 1 heterocycles. The largest absolute Gasteiger partial charge is 0.285 e. The Morgan fingerprint density at radius 2 is 2.00 bits per heavy atom. The molecule has 0 amide bonds. The summed E-state index contributed by atoms with van der Waals surface area (Å²) in [6, 6.07) is 12.7. The lowest BCUT2D eigenvalue weighted by Crippen LogP contribution is -1.72. The van der Waals surface area contributed by atoms with Gasteiger partial charge in [-0.25, -0.2) is 0 Å². The molecule has 0 atom stereocenters. The molecular formula is C11H9N2. The molecule has 1 aromatic carbocycles. The van der Waals surface area contributed by atoms with Gasteiger partial charge < -0.3 is 0 Å². The summed E-state index contributed by atoms with van der Waals surface area (Å²) in [7, 11) is 0. The lowest BCUT2D eigenvalue weighted by molar-refractivity contribution is 1.08. The number of benzene rings is 1. The Labute approximate surface area is 76.9 Å². The van der Waals surface area contributed by atoms with Crippen LogP contribution in [0.3, 0.4) is 0 Å². The van der Waals surface area contributed by atoms with E-state index in [4.69, 9.17) is 0 Å². The van der Waals surface area contributed by atoms with Crippen molar-refractivity contribution in [3.05, 3.63) is 53.9 Å². The zero-order valence-electron chi connectivity index (χ0n) is 7.07. The summed E-state index contributed by atoms with van der Waals surface area (Å²) in [4.78, 5) is 0. The number of rotatable bonds is 2. The molecule has 2 aromatic rings. The molecule has 2 rings (SSSR count). The van der Waals surface area contributed by atoms with Crippen molar-refractivity contribution in [1.82, 2.24) is 10.2 Å².